The topological polar surface area (TPSA) is 139 Å². The summed E-state index contributed by atoms with van der Waals surface area (Å²) in [5.74, 6) is -1.20. The molecule has 0 radical (unpaired) electrons. The first kappa shape index (κ1) is 34.2. The molecule has 5 atom stereocenters. The van der Waals surface area contributed by atoms with E-state index in [2.05, 4.69) is 10.6 Å². The monoisotopic (exact) mass is 668 g/mol. The molecule has 0 bridgehead atoms. The summed E-state index contributed by atoms with van der Waals surface area (Å²) < 4.78 is 28.2. The summed E-state index contributed by atoms with van der Waals surface area (Å²) in [5.41, 5.74) is 2.29. The lowest BCUT2D eigenvalue weighted by Crippen LogP contribution is -2.62. The number of nitrogens with one attached hydrogen (secondary N) is 2. The molecule has 2 aromatic carbocycles. The van der Waals surface area contributed by atoms with Crippen molar-refractivity contribution in [1.82, 2.24) is 19.8 Å². The van der Waals surface area contributed by atoms with E-state index in [1.54, 1.807) is 17.5 Å². The number of sulfonamides is 1. The molecule has 4 N–H and O–H groups in total. The lowest BCUT2D eigenvalue weighted by atomic mass is 9.91. The molecule has 10 nitrogen and oxygen atoms in total. The number of nitrogens with zero attached hydrogens (tertiary/aromatic N) is 2. The summed E-state index contributed by atoms with van der Waals surface area (Å²) in [5, 5.41) is 30.0. The van der Waals surface area contributed by atoms with Gasteiger partial charge in [0.25, 0.3) is 10.0 Å². The second kappa shape index (κ2) is 14.3. The summed E-state index contributed by atoms with van der Waals surface area (Å²) in [6.45, 7) is 6.02. The van der Waals surface area contributed by atoms with E-state index in [-0.39, 0.29) is 48.6 Å². The van der Waals surface area contributed by atoms with Crippen LogP contribution in [0.2, 0.25) is 0 Å². The predicted molar refractivity (Wildman–Crippen MR) is 178 cm³/mol. The molecule has 0 saturated carbocycles. The predicted octanol–water partition coefficient (Wildman–Crippen LogP) is 2.72. The minimum absolute atomic E-state index is 0.0538. The molecule has 2 aliphatic rings. The lowest BCUT2D eigenvalue weighted by Gasteiger charge is -2.41. The van der Waals surface area contributed by atoms with Crippen LogP contribution < -0.4 is 10.6 Å². The van der Waals surface area contributed by atoms with Crippen LogP contribution in [0.15, 0.2) is 76.3 Å². The molecule has 0 unspecified atom stereocenters. The zero-order chi connectivity index (χ0) is 33.1. The summed E-state index contributed by atoms with van der Waals surface area (Å²) in [7, 11) is -3.77. The first-order valence-electron chi connectivity index (χ1n) is 15.7. The number of rotatable bonds is 11. The van der Waals surface area contributed by atoms with Crippen LogP contribution in [0.4, 0.5) is 0 Å². The van der Waals surface area contributed by atoms with E-state index in [1.807, 2.05) is 80.3 Å². The zero-order valence-corrected chi connectivity index (χ0v) is 28.1. The maximum atomic E-state index is 13.8. The molecule has 12 heteroatoms. The zero-order valence-electron chi connectivity index (χ0n) is 26.5. The summed E-state index contributed by atoms with van der Waals surface area (Å²) in [6, 6.07) is 19.1. The second-order valence-electron chi connectivity index (χ2n) is 13.3. The highest BCUT2D eigenvalue weighted by Gasteiger charge is 2.40. The third-order valence-electron chi connectivity index (χ3n) is 8.54. The summed E-state index contributed by atoms with van der Waals surface area (Å²) in [6.07, 6.45) is -0.765. The van der Waals surface area contributed by atoms with E-state index in [1.165, 1.54) is 4.31 Å². The summed E-state index contributed by atoms with van der Waals surface area (Å²) in [4.78, 5) is 29.1. The Kier molecular flexibility index (Phi) is 10.7. The highest BCUT2D eigenvalue weighted by Crippen LogP contribution is 2.32. The molecule has 1 fully saturated rings. The molecule has 2 heterocycles. The summed E-state index contributed by atoms with van der Waals surface area (Å²) >= 11 is 1.13. The van der Waals surface area contributed by atoms with Gasteiger partial charge in [0.1, 0.15) is 10.3 Å². The van der Waals surface area contributed by atoms with Crippen molar-refractivity contribution in [2.75, 3.05) is 26.2 Å². The number of benzene rings is 2. The largest absolute Gasteiger partial charge is 0.392 e. The molecule has 1 aliphatic heterocycles. The molecule has 2 amide bonds. The number of carbonyl (C=O) groups is 2. The quantitative estimate of drug-likeness (QED) is 0.247. The number of carbonyl (C=O) groups excluding carboxylic acids is 2. The van der Waals surface area contributed by atoms with Gasteiger partial charge in [0.15, 0.2) is 0 Å². The van der Waals surface area contributed by atoms with Crippen LogP contribution >= 0.6 is 11.3 Å². The van der Waals surface area contributed by atoms with Crippen LogP contribution in [0.1, 0.15) is 49.9 Å². The maximum Gasteiger partial charge on any atom is 0.252 e. The van der Waals surface area contributed by atoms with Gasteiger partial charge in [0.2, 0.25) is 11.8 Å². The Labute approximate surface area is 275 Å². The van der Waals surface area contributed by atoms with Crippen LogP contribution in [-0.4, -0.2) is 89.6 Å². The van der Waals surface area contributed by atoms with Gasteiger partial charge in [-0.15, -0.1) is 11.3 Å². The standard InChI is InChI=1S/C34H44N4O6S2/c1-34(2,3)36-33(42)28-22-38(46(43,44)30-14-9-17-45-30)16-15-37(28)21-26(39)19-25(18-23-10-5-4-6-11-23)32(41)35-31-27-13-8-7-12-24(27)20-29(31)40/h4-14,17,25-26,28-29,31,39-40H,15-16,18-22H2,1-3H3,(H,35,41)(H,36,42)/t25-,26+,28+,29-,31+/m1/s1. The lowest BCUT2D eigenvalue weighted by molar-refractivity contribution is -0.131. The Balaban J connectivity index is 1.32. The number of hydrogen-bond donors (Lipinski definition) is 4. The minimum Gasteiger partial charge on any atom is -0.392 e. The van der Waals surface area contributed by atoms with Gasteiger partial charge in [-0.2, -0.15) is 4.31 Å². The molecule has 0 spiro atoms. The van der Waals surface area contributed by atoms with Crippen molar-refractivity contribution in [2.45, 2.75) is 74.1 Å². The van der Waals surface area contributed by atoms with Crippen molar-refractivity contribution in [3.63, 3.8) is 0 Å². The number of hydrogen-bond acceptors (Lipinski definition) is 8. The van der Waals surface area contributed by atoms with Gasteiger partial charge in [-0.1, -0.05) is 60.7 Å². The first-order valence-corrected chi connectivity index (χ1v) is 18.0. The van der Waals surface area contributed by atoms with Gasteiger partial charge in [-0.25, -0.2) is 8.42 Å². The van der Waals surface area contributed by atoms with Crippen molar-refractivity contribution >= 4 is 33.2 Å². The van der Waals surface area contributed by atoms with Gasteiger partial charge in [-0.05, 0) is 61.7 Å². The van der Waals surface area contributed by atoms with E-state index in [9.17, 15) is 28.2 Å². The van der Waals surface area contributed by atoms with E-state index >= 15 is 0 Å². The molecule has 1 aromatic heterocycles. The first-order chi connectivity index (χ1) is 21.8. The van der Waals surface area contributed by atoms with Gasteiger partial charge >= 0.3 is 0 Å². The van der Waals surface area contributed by atoms with Crippen LogP contribution in [0.3, 0.4) is 0 Å². The third-order valence-corrected chi connectivity index (χ3v) is 11.8. The Morgan fingerprint density at radius 1 is 1.02 bits per heavy atom. The van der Waals surface area contributed by atoms with E-state index in [0.29, 0.717) is 12.8 Å². The molecule has 248 valence electrons. The highest BCUT2D eigenvalue weighted by atomic mass is 32.2. The van der Waals surface area contributed by atoms with Gasteiger partial charge in [0, 0.05) is 44.1 Å². The number of fused-ring (bicyclic) bond motifs is 1. The normalized spacial score (nSPS) is 22.2. The SMILES string of the molecule is CC(C)(C)NC(=O)[C@@H]1CN(S(=O)(=O)c2cccs2)CCN1C[C@@H](O)C[C@@H](Cc1ccccc1)C(=O)N[C@H]1c2ccccc2C[C@H]1O. The van der Waals surface area contributed by atoms with Crippen LogP contribution in [-0.2, 0) is 32.5 Å². The third kappa shape index (κ3) is 8.23. The fraction of sp³-hybridized carbons (Fsp3) is 0.471. The second-order valence-corrected chi connectivity index (χ2v) is 16.4. The maximum absolute atomic E-state index is 13.8. The van der Waals surface area contributed by atoms with Crippen molar-refractivity contribution in [2.24, 2.45) is 5.92 Å². The van der Waals surface area contributed by atoms with Crippen molar-refractivity contribution < 1.29 is 28.2 Å². The van der Waals surface area contributed by atoms with Gasteiger partial charge in [-0.3, -0.25) is 14.5 Å². The van der Waals surface area contributed by atoms with Crippen LogP contribution in [0.25, 0.3) is 0 Å². The Morgan fingerprint density at radius 2 is 1.74 bits per heavy atom. The molecule has 46 heavy (non-hydrogen) atoms. The fourth-order valence-electron chi connectivity index (χ4n) is 6.35. The number of β-amino-alcohol motifs (C(OH)–C–C–N with tert-alkyl or cyclic N) is 1. The van der Waals surface area contributed by atoms with Crippen molar-refractivity contribution in [3.05, 3.63) is 88.8 Å². The number of piperazine rings is 1. The van der Waals surface area contributed by atoms with E-state index < -0.39 is 45.8 Å². The molecule has 1 saturated heterocycles. The molecular weight excluding hydrogens is 625 g/mol. The average Bonchev–Trinajstić information content (AvgIpc) is 3.66. The Hall–Kier alpha value is -3.13. The minimum atomic E-state index is -3.77. The van der Waals surface area contributed by atoms with Crippen molar-refractivity contribution in [1.29, 1.82) is 0 Å². The smallest absolute Gasteiger partial charge is 0.252 e. The molecule has 5 rings (SSSR count). The Morgan fingerprint density at radius 3 is 2.43 bits per heavy atom. The Bertz CT molecular complexity index is 1590. The van der Waals surface area contributed by atoms with Crippen LogP contribution in [0, 0.1) is 5.92 Å². The molecule has 1 aliphatic carbocycles. The number of thiophene rings is 1. The fourth-order valence-corrected chi connectivity index (χ4v) is 8.93. The molecule has 3 aromatic rings. The number of amides is 2. The van der Waals surface area contributed by atoms with Gasteiger partial charge in [0.05, 0.1) is 18.2 Å². The van der Waals surface area contributed by atoms with E-state index in [4.69, 9.17) is 0 Å². The highest BCUT2D eigenvalue weighted by molar-refractivity contribution is 7.91. The number of aliphatic hydroxyl groups is 2. The van der Waals surface area contributed by atoms with Gasteiger partial charge < -0.3 is 20.8 Å². The van der Waals surface area contributed by atoms with E-state index in [0.717, 1.165) is 28.0 Å². The number of aliphatic hydroxyl groups excluding tert-OH is 2. The van der Waals surface area contributed by atoms with Crippen molar-refractivity contribution in [3.8, 4) is 0 Å². The van der Waals surface area contributed by atoms with Crippen LogP contribution in [0.5, 0.6) is 0 Å². The average molecular weight is 669 g/mol. The molecular formula is C34H44N4O6S2.